The third kappa shape index (κ3) is 4.43. The van der Waals surface area contributed by atoms with E-state index in [1.807, 2.05) is 6.92 Å². The quantitative estimate of drug-likeness (QED) is 0.749. The van der Waals surface area contributed by atoms with E-state index >= 15 is 0 Å². The normalized spacial score (nSPS) is 22.3. The van der Waals surface area contributed by atoms with Crippen LogP contribution in [0.2, 0.25) is 0 Å². The van der Waals surface area contributed by atoms with Crippen molar-refractivity contribution in [2.24, 2.45) is 0 Å². The first-order chi connectivity index (χ1) is 9.64. The summed E-state index contributed by atoms with van der Waals surface area (Å²) in [4.78, 5) is 26.1. The summed E-state index contributed by atoms with van der Waals surface area (Å²) in [6.07, 6.45) is 1.85. The minimum absolute atomic E-state index is 0.0860. The van der Waals surface area contributed by atoms with Gasteiger partial charge in [-0.1, -0.05) is 20.3 Å². The number of sulfone groups is 1. The minimum atomic E-state index is -3.17. The second kappa shape index (κ2) is 6.77. The largest absolute Gasteiger partial charge is 0.340 e. The molecule has 7 heteroatoms. The predicted molar refractivity (Wildman–Crippen MR) is 81.6 cm³/mol. The lowest BCUT2D eigenvalue weighted by atomic mass is 9.95. The van der Waals surface area contributed by atoms with Crippen LogP contribution in [0.3, 0.4) is 0 Å². The highest BCUT2D eigenvalue weighted by Crippen LogP contribution is 2.21. The second-order valence-corrected chi connectivity index (χ2v) is 8.37. The lowest BCUT2D eigenvalue weighted by Crippen LogP contribution is -2.68. The molecule has 1 N–H and O–H groups in total. The van der Waals surface area contributed by atoms with Crippen LogP contribution in [0, 0.1) is 0 Å². The van der Waals surface area contributed by atoms with Gasteiger partial charge in [0.05, 0.1) is 5.75 Å². The molecule has 1 rings (SSSR count). The van der Waals surface area contributed by atoms with Gasteiger partial charge in [0.25, 0.3) is 0 Å². The van der Waals surface area contributed by atoms with E-state index in [2.05, 4.69) is 5.32 Å². The van der Waals surface area contributed by atoms with Crippen LogP contribution in [0.1, 0.15) is 47.0 Å². The fourth-order valence-corrected chi connectivity index (χ4v) is 3.86. The van der Waals surface area contributed by atoms with Crippen LogP contribution >= 0.6 is 0 Å². The molecular weight excluding hydrogens is 292 g/mol. The summed E-state index contributed by atoms with van der Waals surface area (Å²) < 4.78 is 23.7. The Kier molecular flexibility index (Phi) is 5.78. The van der Waals surface area contributed by atoms with Gasteiger partial charge in [-0.3, -0.25) is 9.59 Å². The average molecular weight is 318 g/mol. The van der Waals surface area contributed by atoms with Crippen LogP contribution in [0.5, 0.6) is 0 Å². The molecule has 0 aromatic heterocycles. The summed E-state index contributed by atoms with van der Waals surface area (Å²) in [6.45, 7) is 7.11. The van der Waals surface area contributed by atoms with Gasteiger partial charge >= 0.3 is 0 Å². The van der Waals surface area contributed by atoms with Crippen LogP contribution < -0.4 is 5.32 Å². The van der Waals surface area contributed by atoms with Crippen molar-refractivity contribution in [3.05, 3.63) is 0 Å². The van der Waals surface area contributed by atoms with Crippen molar-refractivity contribution in [3.63, 3.8) is 0 Å². The number of nitrogens with one attached hydrogen (secondary N) is 1. The number of rotatable bonds is 7. The van der Waals surface area contributed by atoms with Crippen molar-refractivity contribution in [1.82, 2.24) is 10.2 Å². The maximum atomic E-state index is 12.5. The molecule has 1 saturated heterocycles. The van der Waals surface area contributed by atoms with Crippen molar-refractivity contribution in [3.8, 4) is 0 Å². The number of nitrogens with zero attached hydrogens (tertiary/aromatic N) is 1. The van der Waals surface area contributed by atoms with Gasteiger partial charge in [0.1, 0.15) is 11.6 Å². The topological polar surface area (TPSA) is 83.6 Å². The highest BCUT2D eigenvalue weighted by atomic mass is 32.2. The first-order valence-corrected chi connectivity index (χ1v) is 9.30. The number of piperazine rings is 1. The fraction of sp³-hybridized carbons (Fsp3) is 0.857. The number of amides is 2. The summed E-state index contributed by atoms with van der Waals surface area (Å²) in [5.74, 6) is -0.388. The smallest absolute Gasteiger partial charge is 0.248 e. The molecule has 1 unspecified atom stereocenters. The summed E-state index contributed by atoms with van der Waals surface area (Å²) in [7, 11) is -3.17. The molecule has 0 spiro atoms. The zero-order valence-corrected chi connectivity index (χ0v) is 14.1. The molecule has 1 fully saturated rings. The number of hydrogen-bond donors (Lipinski definition) is 1. The molecule has 122 valence electrons. The van der Waals surface area contributed by atoms with E-state index in [0.29, 0.717) is 12.8 Å². The van der Waals surface area contributed by atoms with E-state index in [0.717, 1.165) is 6.42 Å². The molecule has 0 aromatic rings. The first kappa shape index (κ1) is 17.9. The summed E-state index contributed by atoms with van der Waals surface area (Å²) in [5.41, 5.74) is -0.976. The first-order valence-electron chi connectivity index (χ1n) is 7.48. The lowest BCUT2D eigenvalue weighted by Gasteiger charge is -2.42. The highest BCUT2D eigenvalue weighted by molar-refractivity contribution is 7.91. The van der Waals surface area contributed by atoms with Gasteiger partial charge in [0.2, 0.25) is 11.8 Å². The Morgan fingerprint density at radius 2 is 1.76 bits per heavy atom. The summed E-state index contributed by atoms with van der Waals surface area (Å²) in [5, 5.41) is 2.71. The molecule has 6 nitrogen and oxygen atoms in total. The monoisotopic (exact) mass is 318 g/mol. The zero-order valence-electron chi connectivity index (χ0n) is 13.3. The molecule has 0 aromatic carbocycles. The van der Waals surface area contributed by atoms with Gasteiger partial charge in [-0.25, -0.2) is 8.42 Å². The highest BCUT2D eigenvalue weighted by Gasteiger charge is 2.44. The zero-order chi connectivity index (χ0) is 16.3. The predicted octanol–water partition coefficient (Wildman–Crippen LogP) is 0.717. The third-order valence-corrected chi connectivity index (χ3v) is 5.47. The molecule has 1 aliphatic rings. The molecule has 1 aliphatic heterocycles. The van der Waals surface area contributed by atoms with Crippen LogP contribution in [0.15, 0.2) is 0 Å². The average Bonchev–Trinajstić information content (AvgIpc) is 2.35. The Morgan fingerprint density at radius 1 is 1.14 bits per heavy atom. The van der Waals surface area contributed by atoms with E-state index in [1.165, 1.54) is 4.90 Å². The van der Waals surface area contributed by atoms with Gasteiger partial charge in [-0.15, -0.1) is 0 Å². The third-order valence-electron chi connectivity index (χ3n) is 3.63. The number of carbonyl (C=O) groups excluding carboxylic acids is 2. The molecule has 0 bridgehead atoms. The Bertz CT molecular complexity index is 499. The number of hydrogen-bond acceptors (Lipinski definition) is 4. The van der Waals surface area contributed by atoms with Crippen LogP contribution in [0.4, 0.5) is 0 Å². The van der Waals surface area contributed by atoms with E-state index < -0.39 is 21.4 Å². The maximum absolute atomic E-state index is 12.5. The van der Waals surface area contributed by atoms with Crippen LogP contribution in [0.25, 0.3) is 0 Å². The van der Waals surface area contributed by atoms with Crippen LogP contribution in [-0.2, 0) is 19.4 Å². The molecule has 0 aliphatic carbocycles. The molecule has 1 heterocycles. The van der Waals surface area contributed by atoms with Gasteiger partial charge in [0, 0.05) is 12.3 Å². The standard InChI is InChI=1S/C14H26N2O4S/c1-5-7-11-12(17)15-14(3,4)13(18)16(11)8-10-21(19,20)9-6-2/h11H,5-10H2,1-4H3,(H,15,17). The van der Waals surface area contributed by atoms with E-state index in [9.17, 15) is 18.0 Å². The lowest BCUT2D eigenvalue weighted by molar-refractivity contribution is -0.153. The van der Waals surface area contributed by atoms with E-state index in [-0.39, 0.29) is 29.9 Å². The Morgan fingerprint density at radius 3 is 2.29 bits per heavy atom. The molecule has 0 radical (unpaired) electrons. The van der Waals surface area contributed by atoms with Crippen molar-refractivity contribution in [2.75, 3.05) is 18.1 Å². The SMILES string of the molecule is CCCC1C(=O)NC(C)(C)C(=O)N1CCS(=O)(=O)CCC. The molecule has 1 atom stereocenters. The Balaban J connectivity index is 2.91. The minimum Gasteiger partial charge on any atom is -0.340 e. The van der Waals surface area contributed by atoms with E-state index in [4.69, 9.17) is 0 Å². The molecule has 21 heavy (non-hydrogen) atoms. The van der Waals surface area contributed by atoms with Gasteiger partial charge < -0.3 is 10.2 Å². The van der Waals surface area contributed by atoms with Crippen molar-refractivity contribution >= 4 is 21.7 Å². The second-order valence-electron chi connectivity index (χ2n) is 6.07. The molecule has 0 saturated carbocycles. The van der Waals surface area contributed by atoms with Gasteiger partial charge in [-0.2, -0.15) is 0 Å². The molecular formula is C14H26N2O4S. The van der Waals surface area contributed by atoms with Gasteiger partial charge in [-0.05, 0) is 26.7 Å². The fourth-order valence-electron chi connectivity index (χ4n) is 2.56. The van der Waals surface area contributed by atoms with Crippen molar-refractivity contribution in [2.45, 2.75) is 58.5 Å². The van der Waals surface area contributed by atoms with Crippen molar-refractivity contribution in [1.29, 1.82) is 0 Å². The maximum Gasteiger partial charge on any atom is 0.248 e. The van der Waals surface area contributed by atoms with Crippen molar-refractivity contribution < 1.29 is 18.0 Å². The Hall–Kier alpha value is -1.11. The van der Waals surface area contributed by atoms with Crippen LogP contribution in [-0.4, -0.2) is 54.8 Å². The van der Waals surface area contributed by atoms with Gasteiger partial charge in [0.15, 0.2) is 9.84 Å². The Labute approximate surface area is 127 Å². The summed E-state index contributed by atoms with van der Waals surface area (Å²) in [6, 6.07) is -0.563. The number of carbonyl (C=O) groups is 2. The molecule has 2 amide bonds. The van der Waals surface area contributed by atoms with E-state index in [1.54, 1.807) is 20.8 Å². The summed E-state index contributed by atoms with van der Waals surface area (Å²) >= 11 is 0.